The molecule has 1 heterocycles. The Morgan fingerprint density at radius 1 is 1.28 bits per heavy atom. The van der Waals surface area contributed by atoms with E-state index in [1.54, 1.807) is 4.90 Å². The Kier molecular flexibility index (Phi) is 7.93. The lowest BCUT2D eigenvalue weighted by molar-refractivity contribution is -0.124. The first kappa shape index (κ1) is 23.5. The second-order valence-electron chi connectivity index (χ2n) is 9.92. The molecule has 7 nitrogen and oxygen atoms in total. The van der Waals surface area contributed by atoms with Crippen LogP contribution in [0.2, 0.25) is 0 Å². The fourth-order valence-corrected chi connectivity index (χ4v) is 4.29. The van der Waals surface area contributed by atoms with Gasteiger partial charge in [-0.05, 0) is 85.6 Å². The van der Waals surface area contributed by atoms with Gasteiger partial charge < -0.3 is 15.0 Å². The molecule has 0 aromatic heterocycles. The van der Waals surface area contributed by atoms with E-state index < -0.39 is 11.1 Å². The van der Waals surface area contributed by atoms with E-state index >= 15 is 0 Å². The topological polar surface area (TPSA) is 85.7 Å². The predicted molar refractivity (Wildman–Crippen MR) is 112 cm³/mol. The van der Waals surface area contributed by atoms with Gasteiger partial charge in [-0.15, -0.1) is 0 Å². The first-order valence-electron chi connectivity index (χ1n) is 11.0. The smallest absolute Gasteiger partial charge is 0.410 e. The fraction of sp³-hybridized carbons (Fsp3) is 0.864. The van der Waals surface area contributed by atoms with Crippen molar-refractivity contribution >= 4 is 12.0 Å². The van der Waals surface area contributed by atoms with Crippen molar-refractivity contribution in [1.82, 2.24) is 15.1 Å². The molecule has 1 aliphatic heterocycles. The van der Waals surface area contributed by atoms with E-state index in [0.29, 0.717) is 19.0 Å². The van der Waals surface area contributed by atoms with Crippen molar-refractivity contribution in [2.45, 2.75) is 90.3 Å². The van der Waals surface area contributed by atoms with Gasteiger partial charge in [-0.25, -0.2) is 4.79 Å². The Hall–Kier alpha value is -1.81. The largest absolute Gasteiger partial charge is 0.444 e. The molecule has 0 bridgehead atoms. The summed E-state index contributed by atoms with van der Waals surface area (Å²) in [6.07, 6.45) is 5.24. The summed E-state index contributed by atoms with van der Waals surface area (Å²) in [6, 6.07) is 2.37. The third kappa shape index (κ3) is 7.18. The van der Waals surface area contributed by atoms with E-state index in [0.717, 1.165) is 51.6 Å². The number of hydrogen-bond acceptors (Lipinski definition) is 5. The normalized spacial score (nSPS) is 22.2. The number of piperidine rings is 1. The molecule has 1 atom stereocenters. The van der Waals surface area contributed by atoms with Gasteiger partial charge in [0.1, 0.15) is 11.1 Å². The molecule has 0 radical (unpaired) electrons. The number of amides is 2. The molecule has 1 aliphatic carbocycles. The quantitative estimate of drug-likeness (QED) is 0.731. The zero-order valence-electron chi connectivity index (χ0n) is 18.8. The van der Waals surface area contributed by atoms with Crippen LogP contribution in [0.3, 0.4) is 0 Å². The van der Waals surface area contributed by atoms with Crippen molar-refractivity contribution in [1.29, 1.82) is 5.26 Å². The first-order chi connectivity index (χ1) is 13.5. The Bertz CT molecular complexity index is 615. The van der Waals surface area contributed by atoms with Crippen molar-refractivity contribution in [3.63, 3.8) is 0 Å². The van der Waals surface area contributed by atoms with Crippen molar-refractivity contribution < 1.29 is 14.3 Å². The summed E-state index contributed by atoms with van der Waals surface area (Å²) in [5.74, 6) is 0.241. The number of carbonyl (C=O) groups is 2. The van der Waals surface area contributed by atoms with Gasteiger partial charge in [0.05, 0.1) is 12.6 Å². The highest BCUT2D eigenvalue weighted by Crippen LogP contribution is 2.29. The minimum absolute atomic E-state index is 0.0568. The molecule has 0 spiro atoms. The number of nitrogens with zero attached hydrogens (tertiary/aromatic N) is 3. The van der Waals surface area contributed by atoms with Crippen LogP contribution in [0.15, 0.2) is 0 Å². The molecule has 0 aromatic rings. The molecule has 7 heteroatoms. The number of rotatable bonds is 6. The standard InChI is InChI=1S/C22H38N4O3/c1-17(2)26(20(28)29-21(3,4)5)14-18-9-8-12-25(13-18)15-19(27)24-22(16-23)10-6-7-11-22/h17-18H,6-15H2,1-5H3,(H,24,27). The van der Waals surface area contributed by atoms with Crippen LogP contribution in [0.4, 0.5) is 4.79 Å². The fourth-order valence-electron chi connectivity index (χ4n) is 4.29. The molecular formula is C22H38N4O3. The molecule has 1 unspecified atom stereocenters. The molecule has 164 valence electrons. The van der Waals surface area contributed by atoms with Crippen LogP contribution in [0.1, 0.15) is 73.1 Å². The van der Waals surface area contributed by atoms with E-state index in [2.05, 4.69) is 16.3 Å². The first-order valence-corrected chi connectivity index (χ1v) is 11.0. The summed E-state index contributed by atoms with van der Waals surface area (Å²) in [5, 5.41) is 12.5. The Balaban J connectivity index is 1.89. The maximum atomic E-state index is 12.6. The summed E-state index contributed by atoms with van der Waals surface area (Å²) < 4.78 is 5.57. The number of likely N-dealkylation sites (tertiary alicyclic amines) is 1. The van der Waals surface area contributed by atoms with Gasteiger partial charge in [-0.1, -0.05) is 0 Å². The van der Waals surface area contributed by atoms with Crippen LogP contribution in [-0.2, 0) is 9.53 Å². The maximum absolute atomic E-state index is 12.6. The summed E-state index contributed by atoms with van der Waals surface area (Å²) in [5.41, 5.74) is -1.19. The second kappa shape index (κ2) is 9.80. The van der Waals surface area contributed by atoms with E-state index in [4.69, 9.17) is 4.74 Å². The average molecular weight is 407 g/mol. The third-order valence-corrected chi connectivity index (χ3v) is 5.73. The lowest BCUT2D eigenvalue weighted by Gasteiger charge is -2.37. The van der Waals surface area contributed by atoms with Crippen LogP contribution in [0, 0.1) is 17.2 Å². The summed E-state index contributed by atoms with van der Waals surface area (Å²) >= 11 is 0. The molecule has 2 aliphatic rings. The highest BCUT2D eigenvalue weighted by Gasteiger charge is 2.36. The zero-order chi connectivity index (χ0) is 21.7. The van der Waals surface area contributed by atoms with Crippen LogP contribution in [0.25, 0.3) is 0 Å². The molecule has 29 heavy (non-hydrogen) atoms. The van der Waals surface area contributed by atoms with Gasteiger partial charge >= 0.3 is 6.09 Å². The van der Waals surface area contributed by atoms with Crippen LogP contribution in [-0.4, -0.2) is 65.2 Å². The Morgan fingerprint density at radius 2 is 1.93 bits per heavy atom. The van der Waals surface area contributed by atoms with Crippen molar-refractivity contribution in [2.75, 3.05) is 26.2 Å². The van der Waals surface area contributed by atoms with Gasteiger partial charge in [0.25, 0.3) is 0 Å². The molecule has 2 amide bonds. The molecule has 2 rings (SSSR count). The van der Waals surface area contributed by atoms with Crippen molar-refractivity contribution in [3.05, 3.63) is 0 Å². The minimum atomic E-state index is -0.669. The van der Waals surface area contributed by atoms with Crippen molar-refractivity contribution in [3.8, 4) is 6.07 Å². The number of carbonyl (C=O) groups excluding carboxylic acids is 2. The minimum Gasteiger partial charge on any atom is -0.444 e. The lowest BCUT2D eigenvalue weighted by Crippen LogP contribution is -2.51. The van der Waals surface area contributed by atoms with E-state index in [-0.39, 0.29) is 18.0 Å². The van der Waals surface area contributed by atoms with Crippen molar-refractivity contribution in [2.24, 2.45) is 5.92 Å². The van der Waals surface area contributed by atoms with Gasteiger partial charge in [-0.2, -0.15) is 5.26 Å². The Labute approximate surface area is 175 Å². The second-order valence-corrected chi connectivity index (χ2v) is 9.92. The average Bonchev–Trinajstić information content (AvgIpc) is 3.07. The monoisotopic (exact) mass is 406 g/mol. The number of nitrogens with one attached hydrogen (secondary N) is 1. The summed E-state index contributed by atoms with van der Waals surface area (Å²) in [4.78, 5) is 29.1. The lowest BCUT2D eigenvalue weighted by atomic mass is 9.96. The molecule has 0 aromatic carbocycles. The summed E-state index contributed by atoms with van der Waals surface area (Å²) in [6.45, 7) is 12.2. The molecular weight excluding hydrogens is 368 g/mol. The number of nitriles is 1. The molecule has 1 saturated heterocycles. The van der Waals surface area contributed by atoms with E-state index in [9.17, 15) is 14.9 Å². The number of hydrogen-bond donors (Lipinski definition) is 1. The molecule has 1 N–H and O–H groups in total. The van der Waals surface area contributed by atoms with Gasteiger partial charge in [0.2, 0.25) is 5.91 Å². The SMILES string of the molecule is CC(C)N(CC1CCCN(CC(=O)NC2(C#N)CCCC2)C1)C(=O)OC(C)(C)C. The van der Waals surface area contributed by atoms with E-state index in [1.165, 1.54) is 0 Å². The summed E-state index contributed by atoms with van der Waals surface area (Å²) in [7, 11) is 0. The molecule has 2 fully saturated rings. The predicted octanol–water partition coefficient (Wildman–Crippen LogP) is 3.30. The molecule has 1 saturated carbocycles. The van der Waals surface area contributed by atoms with Crippen LogP contribution >= 0.6 is 0 Å². The van der Waals surface area contributed by atoms with Gasteiger partial charge in [0.15, 0.2) is 0 Å². The third-order valence-electron chi connectivity index (χ3n) is 5.73. The van der Waals surface area contributed by atoms with E-state index in [1.807, 2.05) is 34.6 Å². The Morgan fingerprint density at radius 3 is 2.48 bits per heavy atom. The maximum Gasteiger partial charge on any atom is 0.410 e. The zero-order valence-corrected chi connectivity index (χ0v) is 18.8. The van der Waals surface area contributed by atoms with Crippen LogP contribution < -0.4 is 5.32 Å². The van der Waals surface area contributed by atoms with Gasteiger partial charge in [-0.3, -0.25) is 9.69 Å². The number of ether oxygens (including phenoxy) is 1. The van der Waals surface area contributed by atoms with Crippen LogP contribution in [0.5, 0.6) is 0 Å². The highest BCUT2D eigenvalue weighted by atomic mass is 16.6. The van der Waals surface area contributed by atoms with Gasteiger partial charge in [0, 0.05) is 19.1 Å². The highest BCUT2D eigenvalue weighted by molar-refractivity contribution is 5.79.